The Morgan fingerprint density at radius 2 is 2.16 bits per heavy atom. The number of benzene rings is 1. The van der Waals surface area contributed by atoms with E-state index in [2.05, 4.69) is 10.1 Å². The zero-order valence-electron chi connectivity index (χ0n) is 13.6. The number of nitrogens with zero attached hydrogens (tertiary/aromatic N) is 1. The summed E-state index contributed by atoms with van der Waals surface area (Å²) in [5, 5.41) is 2.57. The Morgan fingerprint density at radius 1 is 1.40 bits per heavy atom. The normalized spacial score (nSPS) is 17.7. The van der Waals surface area contributed by atoms with Gasteiger partial charge in [-0.25, -0.2) is 0 Å². The minimum absolute atomic E-state index is 0.132. The maximum absolute atomic E-state index is 12.4. The van der Waals surface area contributed by atoms with Crippen molar-refractivity contribution >= 4 is 17.5 Å². The Morgan fingerprint density at radius 3 is 2.84 bits per heavy atom. The molecule has 1 fully saturated rings. The van der Waals surface area contributed by atoms with E-state index in [9.17, 15) is 22.8 Å². The number of amides is 2. The molecule has 2 rings (SSSR count). The van der Waals surface area contributed by atoms with Crippen LogP contribution in [0.2, 0.25) is 0 Å². The summed E-state index contributed by atoms with van der Waals surface area (Å²) in [6, 6.07) is 4.45. The number of hydrogen-bond donors (Lipinski definition) is 1. The Kier molecular flexibility index (Phi) is 6.24. The summed E-state index contributed by atoms with van der Waals surface area (Å²) in [7, 11) is 0. The zero-order chi connectivity index (χ0) is 18.4. The van der Waals surface area contributed by atoms with E-state index in [1.165, 1.54) is 17.0 Å². The first-order valence-corrected chi connectivity index (χ1v) is 7.84. The van der Waals surface area contributed by atoms with Crippen LogP contribution in [0.15, 0.2) is 24.3 Å². The van der Waals surface area contributed by atoms with Gasteiger partial charge in [-0.3, -0.25) is 9.59 Å². The maximum Gasteiger partial charge on any atom is 0.573 e. The molecule has 138 valence electrons. The summed E-state index contributed by atoms with van der Waals surface area (Å²) in [6.07, 6.45) is -3.66. The van der Waals surface area contributed by atoms with Gasteiger partial charge in [0, 0.05) is 24.9 Å². The number of nitrogens with one attached hydrogen (secondary N) is 1. The molecule has 9 heteroatoms. The molecule has 0 aromatic heterocycles. The summed E-state index contributed by atoms with van der Waals surface area (Å²) in [5.74, 6) is -1.19. The van der Waals surface area contributed by atoms with Crippen molar-refractivity contribution in [2.24, 2.45) is 0 Å². The van der Waals surface area contributed by atoms with E-state index in [1.807, 2.05) is 6.92 Å². The SMILES string of the molecule is CCCOCC(=O)NC1CCN(c2cccc(OC(F)(F)F)c2)C1=O. The van der Waals surface area contributed by atoms with Crippen LogP contribution in [0, 0.1) is 0 Å². The molecule has 2 amide bonds. The van der Waals surface area contributed by atoms with Crippen molar-refractivity contribution in [1.82, 2.24) is 5.32 Å². The van der Waals surface area contributed by atoms with Gasteiger partial charge in [-0.15, -0.1) is 13.2 Å². The Hall–Kier alpha value is -2.29. The molecule has 1 aliphatic rings. The van der Waals surface area contributed by atoms with Gasteiger partial charge in [-0.2, -0.15) is 0 Å². The third-order valence-electron chi connectivity index (χ3n) is 3.49. The summed E-state index contributed by atoms with van der Waals surface area (Å²) in [5.41, 5.74) is 0.283. The fourth-order valence-corrected chi connectivity index (χ4v) is 2.46. The van der Waals surface area contributed by atoms with E-state index in [-0.39, 0.29) is 24.7 Å². The second kappa shape index (κ2) is 8.19. The Bertz CT molecular complexity index is 622. The number of hydrogen-bond acceptors (Lipinski definition) is 4. The molecular weight excluding hydrogens is 341 g/mol. The molecule has 1 heterocycles. The second-order valence-electron chi connectivity index (χ2n) is 5.50. The average molecular weight is 360 g/mol. The largest absolute Gasteiger partial charge is 0.573 e. The number of ether oxygens (including phenoxy) is 2. The smallest absolute Gasteiger partial charge is 0.406 e. The average Bonchev–Trinajstić information content (AvgIpc) is 2.87. The summed E-state index contributed by atoms with van der Waals surface area (Å²) < 4.78 is 45.9. The van der Waals surface area contributed by atoms with Crippen LogP contribution in [0.25, 0.3) is 0 Å². The first-order chi connectivity index (χ1) is 11.8. The molecule has 0 spiro atoms. The van der Waals surface area contributed by atoms with E-state index in [0.717, 1.165) is 18.6 Å². The van der Waals surface area contributed by atoms with E-state index < -0.39 is 24.1 Å². The van der Waals surface area contributed by atoms with Crippen LogP contribution >= 0.6 is 0 Å². The fraction of sp³-hybridized carbons (Fsp3) is 0.500. The highest BCUT2D eigenvalue weighted by Crippen LogP contribution is 2.29. The quantitative estimate of drug-likeness (QED) is 0.758. The van der Waals surface area contributed by atoms with Crippen molar-refractivity contribution in [1.29, 1.82) is 0 Å². The topological polar surface area (TPSA) is 67.9 Å². The Balaban J connectivity index is 1.97. The highest BCUT2D eigenvalue weighted by molar-refractivity contribution is 6.01. The number of carbonyl (C=O) groups excluding carboxylic acids is 2. The van der Waals surface area contributed by atoms with Crippen LogP contribution in [0.4, 0.5) is 18.9 Å². The standard InChI is InChI=1S/C16H19F3N2O4/c1-2-8-24-10-14(22)20-13-6-7-21(15(13)23)11-4-3-5-12(9-11)25-16(17,18)19/h3-5,9,13H,2,6-8,10H2,1H3,(H,20,22). The predicted molar refractivity (Wildman–Crippen MR) is 83.1 cm³/mol. The van der Waals surface area contributed by atoms with E-state index in [1.54, 1.807) is 0 Å². The highest BCUT2D eigenvalue weighted by Gasteiger charge is 2.35. The van der Waals surface area contributed by atoms with Crippen molar-refractivity contribution in [3.8, 4) is 5.75 Å². The number of rotatable bonds is 7. The number of halogens is 3. The first kappa shape index (κ1) is 19.0. The fourth-order valence-electron chi connectivity index (χ4n) is 2.46. The van der Waals surface area contributed by atoms with Gasteiger partial charge in [-0.1, -0.05) is 13.0 Å². The van der Waals surface area contributed by atoms with E-state index in [4.69, 9.17) is 4.74 Å². The lowest BCUT2D eigenvalue weighted by molar-refractivity contribution is -0.274. The molecule has 1 saturated heterocycles. The monoisotopic (exact) mass is 360 g/mol. The van der Waals surface area contributed by atoms with E-state index >= 15 is 0 Å². The molecule has 0 aliphatic carbocycles. The molecule has 1 aliphatic heterocycles. The third kappa shape index (κ3) is 5.63. The van der Waals surface area contributed by atoms with Gasteiger partial charge < -0.3 is 19.7 Å². The maximum atomic E-state index is 12.4. The number of anilines is 1. The number of carbonyl (C=O) groups is 2. The zero-order valence-corrected chi connectivity index (χ0v) is 13.6. The third-order valence-corrected chi connectivity index (χ3v) is 3.49. The van der Waals surface area contributed by atoms with Gasteiger partial charge in [0.2, 0.25) is 11.8 Å². The molecule has 1 N–H and O–H groups in total. The van der Waals surface area contributed by atoms with Crippen molar-refractivity contribution < 1.29 is 32.2 Å². The Labute approximate surface area is 142 Å². The van der Waals surface area contributed by atoms with Crippen molar-refractivity contribution in [3.63, 3.8) is 0 Å². The van der Waals surface area contributed by atoms with Gasteiger partial charge >= 0.3 is 6.36 Å². The lowest BCUT2D eigenvalue weighted by atomic mass is 10.2. The molecule has 0 bridgehead atoms. The van der Waals surface area contributed by atoms with Crippen molar-refractivity contribution in [2.75, 3.05) is 24.7 Å². The first-order valence-electron chi connectivity index (χ1n) is 7.84. The summed E-state index contributed by atoms with van der Waals surface area (Å²) in [4.78, 5) is 25.4. The summed E-state index contributed by atoms with van der Waals surface area (Å²) in [6.45, 7) is 2.51. The minimum atomic E-state index is -4.80. The molecule has 1 unspecified atom stereocenters. The summed E-state index contributed by atoms with van der Waals surface area (Å²) >= 11 is 0. The van der Waals surface area contributed by atoms with Crippen LogP contribution in [-0.4, -0.2) is 44.0 Å². The molecule has 1 aromatic carbocycles. The van der Waals surface area contributed by atoms with Gasteiger partial charge in [0.1, 0.15) is 18.4 Å². The highest BCUT2D eigenvalue weighted by atomic mass is 19.4. The molecule has 0 saturated carbocycles. The van der Waals surface area contributed by atoms with E-state index in [0.29, 0.717) is 13.0 Å². The molecular formula is C16H19F3N2O4. The molecule has 1 atom stereocenters. The number of alkyl halides is 3. The van der Waals surface area contributed by atoms with Crippen molar-refractivity contribution in [2.45, 2.75) is 32.2 Å². The van der Waals surface area contributed by atoms with Gasteiger partial charge in [-0.05, 0) is 25.0 Å². The molecule has 0 radical (unpaired) electrons. The predicted octanol–water partition coefficient (Wildman–Crippen LogP) is 2.23. The molecule has 1 aromatic rings. The lowest BCUT2D eigenvalue weighted by Crippen LogP contribution is -2.43. The molecule has 25 heavy (non-hydrogen) atoms. The van der Waals surface area contributed by atoms with Crippen LogP contribution < -0.4 is 15.0 Å². The van der Waals surface area contributed by atoms with Gasteiger partial charge in [0.05, 0.1) is 0 Å². The van der Waals surface area contributed by atoms with Crippen LogP contribution in [0.3, 0.4) is 0 Å². The van der Waals surface area contributed by atoms with Crippen LogP contribution in [0.5, 0.6) is 5.75 Å². The second-order valence-corrected chi connectivity index (χ2v) is 5.50. The lowest BCUT2D eigenvalue weighted by Gasteiger charge is -2.18. The van der Waals surface area contributed by atoms with Crippen LogP contribution in [0.1, 0.15) is 19.8 Å². The minimum Gasteiger partial charge on any atom is -0.406 e. The van der Waals surface area contributed by atoms with Gasteiger partial charge in [0.15, 0.2) is 0 Å². The van der Waals surface area contributed by atoms with Crippen LogP contribution in [-0.2, 0) is 14.3 Å². The van der Waals surface area contributed by atoms with Gasteiger partial charge in [0.25, 0.3) is 0 Å². The van der Waals surface area contributed by atoms with Crippen molar-refractivity contribution in [3.05, 3.63) is 24.3 Å². The molecule has 6 nitrogen and oxygen atoms in total.